The average molecular weight is 279 g/mol. The Morgan fingerprint density at radius 3 is 2.50 bits per heavy atom. The molecular formula is C16H29N3O. The van der Waals surface area contributed by atoms with Gasteiger partial charge in [-0.1, -0.05) is 18.2 Å². The molecule has 0 saturated heterocycles. The van der Waals surface area contributed by atoms with Crippen LogP contribution in [-0.2, 0) is 0 Å². The van der Waals surface area contributed by atoms with E-state index in [-0.39, 0.29) is 6.04 Å². The molecule has 1 aromatic rings. The summed E-state index contributed by atoms with van der Waals surface area (Å²) in [6.45, 7) is 5.67. The summed E-state index contributed by atoms with van der Waals surface area (Å²) < 4.78 is 5.65. The number of nitrogens with two attached hydrogens (primary N) is 1. The first-order valence-electron chi connectivity index (χ1n) is 7.35. The lowest BCUT2D eigenvalue weighted by atomic mass is 10.1. The third kappa shape index (κ3) is 5.90. The molecule has 114 valence electrons. The minimum Gasteiger partial charge on any atom is -0.494 e. The van der Waals surface area contributed by atoms with E-state index in [4.69, 9.17) is 10.5 Å². The number of rotatable bonds is 9. The Kier molecular flexibility index (Phi) is 7.59. The van der Waals surface area contributed by atoms with Crippen molar-refractivity contribution in [2.75, 3.05) is 47.4 Å². The highest BCUT2D eigenvalue weighted by molar-refractivity contribution is 5.35. The zero-order valence-corrected chi connectivity index (χ0v) is 13.3. The fourth-order valence-corrected chi connectivity index (χ4v) is 2.26. The maximum atomic E-state index is 6.33. The summed E-state index contributed by atoms with van der Waals surface area (Å²) in [5.41, 5.74) is 7.42. The Morgan fingerprint density at radius 1 is 1.15 bits per heavy atom. The molecule has 0 bridgehead atoms. The molecule has 1 unspecified atom stereocenters. The Hall–Kier alpha value is -1.10. The summed E-state index contributed by atoms with van der Waals surface area (Å²) in [5, 5.41) is 0. The predicted octanol–water partition coefficient (Wildman–Crippen LogP) is 1.97. The molecule has 0 aliphatic carbocycles. The van der Waals surface area contributed by atoms with E-state index in [2.05, 4.69) is 37.0 Å². The van der Waals surface area contributed by atoms with Gasteiger partial charge in [-0.15, -0.1) is 0 Å². The summed E-state index contributed by atoms with van der Waals surface area (Å²) in [5.74, 6) is 0.907. The summed E-state index contributed by atoms with van der Waals surface area (Å²) in [6, 6.07) is 8.04. The maximum absolute atomic E-state index is 6.33. The first kappa shape index (κ1) is 17.0. The van der Waals surface area contributed by atoms with Gasteiger partial charge in [0, 0.05) is 18.2 Å². The van der Waals surface area contributed by atoms with Gasteiger partial charge in [-0.05, 0) is 53.6 Å². The zero-order chi connectivity index (χ0) is 15.0. The van der Waals surface area contributed by atoms with Crippen molar-refractivity contribution in [3.63, 3.8) is 0 Å². The van der Waals surface area contributed by atoms with Gasteiger partial charge in [0.15, 0.2) is 0 Å². The van der Waals surface area contributed by atoms with Gasteiger partial charge in [0.2, 0.25) is 0 Å². The number of ether oxygens (including phenoxy) is 1. The van der Waals surface area contributed by atoms with Crippen LogP contribution >= 0.6 is 0 Å². The van der Waals surface area contributed by atoms with Gasteiger partial charge in [0.25, 0.3) is 0 Å². The topological polar surface area (TPSA) is 41.7 Å². The SMILES string of the molecule is CCOc1ccccc1C(N)CN(C)CCCN(C)C. The largest absolute Gasteiger partial charge is 0.494 e. The number of hydrogen-bond donors (Lipinski definition) is 1. The number of hydrogen-bond acceptors (Lipinski definition) is 4. The molecule has 2 N–H and O–H groups in total. The third-order valence-corrected chi connectivity index (χ3v) is 3.27. The van der Waals surface area contributed by atoms with E-state index in [1.807, 2.05) is 25.1 Å². The minimum atomic E-state index is -0.0119. The van der Waals surface area contributed by atoms with Crippen LogP contribution in [0.5, 0.6) is 5.75 Å². The Labute approximate surface area is 123 Å². The highest BCUT2D eigenvalue weighted by Gasteiger charge is 2.13. The van der Waals surface area contributed by atoms with Crippen LogP contribution in [0.15, 0.2) is 24.3 Å². The summed E-state index contributed by atoms with van der Waals surface area (Å²) in [6.07, 6.45) is 1.16. The molecule has 0 amide bonds. The van der Waals surface area contributed by atoms with Gasteiger partial charge < -0.3 is 20.3 Å². The third-order valence-electron chi connectivity index (χ3n) is 3.27. The van der Waals surface area contributed by atoms with Crippen LogP contribution < -0.4 is 10.5 Å². The number of para-hydroxylation sites is 1. The molecule has 1 rings (SSSR count). The van der Waals surface area contributed by atoms with Crippen LogP contribution in [0.25, 0.3) is 0 Å². The number of benzene rings is 1. The summed E-state index contributed by atoms with van der Waals surface area (Å²) >= 11 is 0. The molecule has 1 atom stereocenters. The highest BCUT2D eigenvalue weighted by Crippen LogP contribution is 2.24. The van der Waals surface area contributed by atoms with Gasteiger partial charge in [0.1, 0.15) is 5.75 Å². The second-order valence-electron chi connectivity index (χ2n) is 5.50. The quantitative estimate of drug-likeness (QED) is 0.750. The monoisotopic (exact) mass is 279 g/mol. The lowest BCUT2D eigenvalue weighted by molar-refractivity contribution is 0.281. The molecule has 1 aromatic carbocycles. The molecule has 0 aliphatic heterocycles. The van der Waals surface area contributed by atoms with Crippen LogP contribution in [0.2, 0.25) is 0 Å². The van der Waals surface area contributed by atoms with E-state index in [1.54, 1.807) is 0 Å². The average Bonchev–Trinajstić information content (AvgIpc) is 2.39. The summed E-state index contributed by atoms with van der Waals surface area (Å²) in [4.78, 5) is 4.50. The van der Waals surface area contributed by atoms with Crippen molar-refractivity contribution < 1.29 is 4.74 Å². The second-order valence-corrected chi connectivity index (χ2v) is 5.50. The number of likely N-dealkylation sites (N-methyl/N-ethyl adjacent to an activating group) is 1. The fraction of sp³-hybridized carbons (Fsp3) is 0.625. The standard InChI is InChI=1S/C16H29N3O/c1-5-20-16-10-7-6-9-14(16)15(17)13-19(4)12-8-11-18(2)3/h6-7,9-10,15H,5,8,11-13,17H2,1-4H3. The molecule has 0 spiro atoms. The Morgan fingerprint density at radius 2 is 1.85 bits per heavy atom. The molecule has 0 aromatic heterocycles. The van der Waals surface area contributed by atoms with E-state index < -0.39 is 0 Å². The van der Waals surface area contributed by atoms with Crippen LogP contribution in [0.4, 0.5) is 0 Å². The molecule has 4 nitrogen and oxygen atoms in total. The van der Waals surface area contributed by atoms with Crippen LogP contribution in [0.1, 0.15) is 24.9 Å². The maximum Gasteiger partial charge on any atom is 0.124 e. The van der Waals surface area contributed by atoms with E-state index >= 15 is 0 Å². The molecule has 4 heteroatoms. The van der Waals surface area contributed by atoms with Crippen LogP contribution in [-0.4, -0.2) is 57.2 Å². The normalized spacial score (nSPS) is 12.9. The van der Waals surface area contributed by atoms with Crippen molar-refractivity contribution in [3.8, 4) is 5.75 Å². The van der Waals surface area contributed by atoms with Crippen molar-refractivity contribution >= 4 is 0 Å². The molecule has 0 fully saturated rings. The molecule has 0 radical (unpaired) electrons. The van der Waals surface area contributed by atoms with Gasteiger partial charge >= 0.3 is 0 Å². The smallest absolute Gasteiger partial charge is 0.124 e. The molecule has 20 heavy (non-hydrogen) atoms. The lowest BCUT2D eigenvalue weighted by Crippen LogP contribution is -2.31. The molecule has 0 heterocycles. The molecular weight excluding hydrogens is 250 g/mol. The van der Waals surface area contributed by atoms with E-state index in [0.717, 1.165) is 37.4 Å². The zero-order valence-electron chi connectivity index (χ0n) is 13.3. The fourth-order valence-electron chi connectivity index (χ4n) is 2.26. The van der Waals surface area contributed by atoms with Gasteiger partial charge in [0.05, 0.1) is 6.61 Å². The van der Waals surface area contributed by atoms with Crippen molar-refractivity contribution in [1.29, 1.82) is 0 Å². The van der Waals surface area contributed by atoms with Gasteiger partial charge in [-0.3, -0.25) is 0 Å². The Bertz CT molecular complexity index is 382. The first-order valence-corrected chi connectivity index (χ1v) is 7.35. The summed E-state index contributed by atoms with van der Waals surface area (Å²) in [7, 11) is 6.33. The van der Waals surface area contributed by atoms with Crippen molar-refractivity contribution in [1.82, 2.24) is 9.80 Å². The van der Waals surface area contributed by atoms with Crippen molar-refractivity contribution in [2.24, 2.45) is 5.73 Å². The molecule has 0 aliphatic rings. The van der Waals surface area contributed by atoms with E-state index in [1.165, 1.54) is 0 Å². The number of nitrogens with zero attached hydrogens (tertiary/aromatic N) is 2. The van der Waals surface area contributed by atoms with Crippen LogP contribution in [0.3, 0.4) is 0 Å². The first-order chi connectivity index (χ1) is 9.54. The second kappa shape index (κ2) is 8.95. The predicted molar refractivity (Wildman–Crippen MR) is 85.2 cm³/mol. The van der Waals surface area contributed by atoms with Crippen molar-refractivity contribution in [3.05, 3.63) is 29.8 Å². The van der Waals surface area contributed by atoms with E-state index in [0.29, 0.717) is 6.61 Å². The highest BCUT2D eigenvalue weighted by atomic mass is 16.5. The minimum absolute atomic E-state index is 0.0119. The molecule has 0 saturated carbocycles. The van der Waals surface area contributed by atoms with Gasteiger partial charge in [-0.25, -0.2) is 0 Å². The Balaban J connectivity index is 2.51. The van der Waals surface area contributed by atoms with Crippen LogP contribution in [0, 0.1) is 0 Å². The lowest BCUT2D eigenvalue weighted by Gasteiger charge is -2.23. The van der Waals surface area contributed by atoms with Gasteiger partial charge in [-0.2, -0.15) is 0 Å². The van der Waals surface area contributed by atoms with Crippen molar-refractivity contribution in [2.45, 2.75) is 19.4 Å². The van der Waals surface area contributed by atoms with E-state index in [9.17, 15) is 0 Å².